The number of nitrogens with one attached hydrogen (secondary N) is 1. The molecule has 1 aliphatic heterocycles. The molecule has 0 fully saturated rings. The molecular formula is C20H24N4O3S. The van der Waals surface area contributed by atoms with Crippen LogP contribution in [0.4, 0.5) is 0 Å². The first kappa shape index (κ1) is 20.1. The highest BCUT2D eigenvalue weighted by Gasteiger charge is 2.43. The first-order chi connectivity index (χ1) is 13.2. The summed E-state index contributed by atoms with van der Waals surface area (Å²) < 4.78 is 5.47. The molecule has 148 valence electrons. The van der Waals surface area contributed by atoms with Gasteiger partial charge in [-0.15, -0.1) is 11.3 Å². The zero-order valence-corrected chi connectivity index (χ0v) is 17.5. The number of aryl methyl sites for hydroxylation is 2. The van der Waals surface area contributed by atoms with Crippen molar-refractivity contribution in [1.82, 2.24) is 15.3 Å². The molecule has 1 atom stereocenters. The molecule has 3 rings (SSSR count). The minimum Gasteiger partial charge on any atom is -0.462 e. The van der Waals surface area contributed by atoms with Gasteiger partial charge in [0.05, 0.1) is 23.4 Å². The van der Waals surface area contributed by atoms with Crippen LogP contribution >= 0.6 is 11.3 Å². The normalized spacial score (nSPS) is 18.9. The molecule has 1 N–H and O–H groups in total. The second-order valence-corrected chi connectivity index (χ2v) is 8.31. The SMILES string of the molecule is Cc1cnc(C2=NC(C)(C(C)C)C(=O)N2)c(C(=O)OCCc2scnc2C)c1. The van der Waals surface area contributed by atoms with Crippen molar-refractivity contribution in [3.63, 3.8) is 0 Å². The highest BCUT2D eigenvalue weighted by molar-refractivity contribution is 7.09. The lowest BCUT2D eigenvalue weighted by Crippen LogP contribution is -2.41. The van der Waals surface area contributed by atoms with E-state index in [2.05, 4.69) is 20.3 Å². The van der Waals surface area contributed by atoms with Crippen LogP contribution in [0.5, 0.6) is 0 Å². The van der Waals surface area contributed by atoms with Gasteiger partial charge in [0.2, 0.25) is 0 Å². The smallest absolute Gasteiger partial charge is 0.340 e. The number of aromatic nitrogens is 2. The van der Waals surface area contributed by atoms with E-state index in [1.807, 2.05) is 27.7 Å². The van der Waals surface area contributed by atoms with Crippen molar-refractivity contribution in [2.24, 2.45) is 10.9 Å². The van der Waals surface area contributed by atoms with Crippen LogP contribution in [0.2, 0.25) is 0 Å². The van der Waals surface area contributed by atoms with Crippen LogP contribution in [0, 0.1) is 19.8 Å². The Morgan fingerprint density at radius 2 is 2.07 bits per heavy atom. The Bertz CT molecular complexity index is 951. The Hall–Kier alpha value is -2.61. The monoisotopic (exact) mass is 400 g/mol. The third kappa shape index (κ3) is 3.82. The molecule has 3 heterocycles. The Morgan fingerprint density at radius 3 is 2.68 bits per heavy atom. The van der Waals surface area contributed by atoms with Crippen LogP contribution in [0.25, 0.3) is 0 Å². The van der Waals surface area contributed by atoms with Gasteiger partial charge < -0.3 is 10.1 Å². The molecule has 0 saturated heterocycles. The van der Waals surface area contributed by atoms with E-state index in [-0.39, 0.29) is 18.4 Å². The Labute approximate surface area is 168 Å². The summed E-state index contributed by atoms with van der Waals surface area (Å²) in [4.78, 5) is 39.4. The van der Waals surface area contributed by atoms with Gasteiger partial charge in [0.1, 0.15) is 11.2 Å². The Morgan fingerprint density at radius 1 is 1.32 bits per heavy atom. The summed E-state index contributed by atoms with van der Waals surface area (Å²) in [6, 6.07) is 1.71. The summed E-state index contributed by atoms with van der Waals surface area (Å²) in [6.07, 6.45) is 2.26. The van der Waals surface area contributed by atoms with E-state index >= 15 is 0 Å². The lowest BCUT2D eigenvalue weighted by molar-refractivity contribution is -0.124. The van der Waals surface area contributed by atoms with Crippen LogP contribution in [0.3, 0.4) is 0 Å². The van der Waals surface area contributed by atoms with Gasteiger partial charge >= 0.3 is 5.97 Å². The van der Waals surface area contributed by atoms with Gasteiger partial charge in [-0.2, -0.15) is 0 Å². The van der Waals surface area contributed by atoms with Gasteiger partial charge in [0.15, 0.2) is 5.84 Å². The lowest BCUT2D eigenvalue weighted by atomic mass is 9.89. The number of aliphatic imine (C=N–C) groups is 1. The van der Waals surface area contributed by atoms with E-state index in [0.29, 0.717) is 23.5 Å². The van der Waals surface area contributed by atoms with Crippen molar-refractivity contribution in [3.05, 3.63) is 45.2 Å². The zero-order valence-electron chi connectivity index (χ0n) is 16.7. The van der Waals surface area contributed by atoms with E-state index in [9.17, 15) is 9.59 Å². The molecule has 7 nitrogen and oxygen atoms in total. The van der Waals surface area contributed by atoms with Crippen molar-refractivity contribution in [1.29, 1.82) is 0 Å². The molecule has 0 spiro atoms. The maximum absolute atomic E-state index is 12.7. The van der Waals surface area contributed by atoms with Gasteiger partial charge in [0, 0.05) is 17.5 Å². The van der Waals surface area contributed by atoms with Gasteiger partial charge in [-0.1, -0.05) is 13.8 Å². The number of amidine groups is 1. The third-order valence-electron chi connectivity index (χ3n) is 5.04. The highest BCUT2D eigenvalue weighted by Crippen LogP contribution is 2.27. The maximum Gasteiger partial charge on any atom is 0.340 e. The average molecular weight is 401 g/mol. The van der Waals surface area contributed by atoms with Crippen molar-refractivity contribution in [2.75, 3.05) is 6.61 Å². The molecule has 1 aliphatic rings. The number of esters is 1. The molecular weight excluding hydrogens is 376 g/mol. The number of hydrogen-bond donors (Lipinski definition) is 1. The fraction of sp³-hybridized carbons (Fsp3) is 0.450. The van der Waals surface area contributed by atoms with Gasteiger partial charge in [-0.3, -0.25) is 9.78 Å². The molecule has 0 saturated carbocycles. The maximum atomic E-state index is 12.7. The molecule has 0 aromatic carbocycles. The number of ether oxygens (including phenoxy) is 1. The molecule has 2 aromatic rings. The van der Waals surface area contributed by atoms with Crippen molar-refractivity contribution < 1.29 is 14.3 Å². The predicted molar refractivity (Wildman–Crippen MR) is 108 cm³/mol. The molecule has 0 bridgehead atoms. The molecule has 1 amide bonds. The zero-order chi connectivity index (χ0) is 20.5. The van der Waals surface area contributed by atoms with E-state index in [4.69, 9.17) is 4.74 Å². The van der Waals surface area contributed by atoms with Crippen LogP contribution in [0.1, 0.15) is 53.0 Å². The number of nitrogens with zero attached hydrogens (tertiary/aromatic N) is 3. The number of rotatable bonds is 6. The molecule has 0 radical (unpaired) electrons. The van der Waals surface area contributed by atoms with Crippen LogP contribution in [0.15, 0.2) is 22.8 Å². The summed E-state index contributed by atoms with van der Waals surface area (Å²) >= 11 is 1.54. The van der Waals surface area contributed by atoms with Crippen LogP contribution in [-0.4, -0.2) is 39.8 Å². The average Bonchev–Trinajstić information content (AvgIpc) is 3.18. The number of thiazole rings is 1. The van der Waals surface area contributed by atoms with Crippen molar-refractivity contribution in [3.8, 4) is 0 Å². The largest absolute Gasteiger partial charge is 0.462 e. The molecule has 1 unspecified atom stereocenters. The standard InChI is InChI=1S/C20H24N4O3S/c1-11(2)20(5)19(26)23-17(24-20)16-14(8-12(3)9-21-16)18(25)27-7-6-15-13(4)22-10-28-15/h8-11H,6-7H2,1-5H3,(H,23,24,26). The minimum absolute atomic E-state index is 0.00787. The highest BCUT2D eigenvalue weighted by atomic mass is 32.1. The lowest BCUT2D eigenvalue weighted by Gasteiger charge is -2.21. The van der Waals surface area contributed by atoms with Crippen LogP contribution in [-0.2, 0) is 16.0 Å². The number of amides is 1. The van der Waals surface area contributed by atoms with E-state index in [1.54, 1.807) is 36.0 Å². The summed E-state index contributed by atoms with van der Waals surface area (Å²) in [5, 5.41) is 2.78. The first-order valence-electron chi connectivity index (χ1n) is 9.16. The quantitative estimate of drug-likeness (QED) is 0.753. The fourth-order valence-corrected chi connectivity index (χ4v) is 3.60. The second-order valence-electron chi connectivity index (χ2n) is 7.37. The molecule has 8 heteroatoms. The van der Waals surface area contributed by atoms with E-state index < -0.39 is 11.5 Å². The van der Waals surface area contributed by atoms with E-state index in [1.165, 1.54) is 0 Å². The molecule has 28 heavy (non-hydrogen) atoms. The fourth-order valence-electron chi connectivity index (χ4n) is 2.84. The van der Waals surface area contributed by atoms with Crippen molar-refractivity contribution >= 4 is 29.0 Å². The third-order valence-corrected chi connectivity index (χ3v) is 6.03. The predicted octanol–water partition coefficient (Wildman–Crippen LogP) is 2.85. The van der Waals surface area contributed by atoms with Gasteiger partial charge in [-0.05, 0) is 38.3 Å². The summed E-state index contributed by atoms with van der Waals surface area (Å²) in [5.74, 6) is -0.358. The number of hydrogen-bond acceptors (Lipinski definition) is 7. The summed E-state index contributed by atoms with van der Waals surface area (Å²) in [7, 11) is 0. The van der Waals surface area contributed by atoms with Gasteiger partial charge in [-0.25, -0.2) is 14.8 Å². The summed E-state index contributed by atoms with van der Waals surface area (Å²) in [6.45, 7) is 9.68. The Kier molecular flexibility index (Phi) is 5.60. The molecule has 0 aliphatic carbocycles. The number of carbonyl (C=O) groups is 2. The second kappa shape index (κ2) is 7.79. The van der Waals surface area contributed by atoms with Crippen molar-refractivity contribution in [2.45, 2.75) is 46.6 Å². The first-order valence-corrected chi connectivity index (χ1v) is 10.0. The minimum atomic E-state index is -0.882. The van der Waals surface area contributed by atoms with E-state index in [0.717, 1.165) is 16.1 Å². The summed E-state index contributed by atoms with van der Waals surface area (Å²) in [5.41, 5.74) is 3.31. The topological polar surface area (TPSA) is 93.5 Å². The van der Waals surface area contributed by atoms with Gasteiger partial charge in [0.25, 0.3) is 5.91 Å². The number of carbonyl (C=O) groups excluding carboxylic acids is 2. The number of pyridine rings is 1. The molecule has 2 aromatic heterocycles. The Balaban J connectivity index is 1.82. The van der Waals surface area contributed by atoms with Crippen LogP contribution < -0.4 is 5.32 Å².